The molecule has 1 saturated heterocycles. The minimum atomic E-state index is -1.37. The zero-order valence-corrected chi connectivity index (χ0v) is 18.7. The maximum atomic E-state index is 13.1. The summed E-state index contributed by atoms with van der Waals surface area (Å²) in [4.78, 5) is 26.0. The third-order valence-corrected chi connectivity index (χ3v) is 7.14. The summed E-state index contributed by atoms with van der Waals surface area (Å²) in [5.41, 5.74) is 2.21. The monoisotopic (exact) mass is 461 g/mol. The first-order valence-corrected chi connectivity index (χ1v) is 11.5. The van der Waals surface area contributed by atoms with Crippen LogP contribution in [-0.4, -0.2) is 34.7 Å². The van der Waals surface area contributed by atoms with E-state index in [-0.39, 0.29) is 17.6 Å². The van der Waals surface area contributed by atoms with Crippen LogP contribution in [0.4, 0.5) is 4.79 Å². The number of rotatable bonds is 5. The Morgan fingerprint density at radius 1 is 1.10 bits per heavy atom. The van der Waals surface area contributed by atoms with E-state index in [4.69, 9.17) is 33.0 Å². The smallest absolute Gasteiger partial charge is 0.449 e. The average Bonchev–Trinajstić information content (AvgIpc) is 3.11. The molecule has 1 amide bonds. The Bertz CT molecular complexity index is 988. The van der Waals surface area contributed by atoms with Crippen molar-refractivity contribution in [3.8, 4) is 16.9 Å². The molecule has 2 fully saturated rings. The van der Waals surface area contributed by atoms with Crippen LogP contribution in [0.15, 0.2) is 36.4 Å². The molecule has 1 saturated carbocycles. The van der Waals surface area contributed by atoms with E-state index in [0.29, 0.717) is 22.5 Å². The Morgan fingerprint density at radius 2 is 1.87 bits per heavy atom. The SMILES string of the molecule is O=C(O)Oc1cccc(-c2ccc(Cl)c(CC3CCN(C4CCCCC4)C3=O)c2Cl)c1. The van der Waals surface area contributed by atoms with Crippen molar-refractivity contribution in [3.63, 3.8) is 0 Å². The van der Waals surface area contributed by atoms with Crippen LogP contribution in [0.25, 0.3) is 11.1 Å². The molecule has 2 aromatic rings. The number of hydrogen-bond donors (Lipinski definition) is 1. The summed E-state index contributed by atoms with van der Waals surface area (Å²) in [7, 11) is 0. The fourth-order valence-corrected chi connectivity index (χ4v) is 5.42. The molecule has 0 bridgehead atoms. The van der Waals surface area contributed by atoms with Crippen LogP contribution in [0.3, 0.4) is 0 Å². The maximum absolute atomic E-state index is 13.1. The van der Waals surface area contributed by atoms with Crippen LogP contribution < -0.4 is 4.74 Å². The molecular formula is C24H25Cl2NO4. The zero-order valence-electron chi connectivity index (χ0n) is 17.2. The van der Waals surface area contributed by atoms with Crippen molar-refractivity contribution in [1.82, 2.24) is 4.90 Å². The largest absolute Gasteiger partial charge is 0.511 e. The van der Waals surface area contributed by atoms with Gasteiger partial charge in [-0.25, -0.2) is 4.79 Å². The molecule has 31 heavy (non-hydrogen) atoms. The number of benzene rings is 2. The van der Waals surface area contributed by atoms with E-state index in [9.17, 15) is 9.59 Å². The van der Waals surface area contributed by atoms with Crippen LogP contribution in [0.5, 0.6) is 5.75 Å². The molecule has 4 rings (SSSR count). The lowest BCUT2D eigenvalue weighted by Crippen LogP contribution is -2.39. The summed E-state index contributed by atoms with van der Waals surface area (Å²) in [5.74, 6) is 0.307. The molecule has 1 heterocycles. The van der Waals surface area contributed by atoms with E-state index in [1.54, 1.807) is 30.3 Å². The van der Waals surface area contributed by atoms with Gasteiger partial charge in [-0.1, -0.05) is 60.7 Å². The maximum Gasteiger partial charge on any atom is 0.511 e. The quantitative estimate of drug-likeness (QED) is 0.410. The van der Waals surface area contributed by atoms with Gasteiger partial charge < -0.3 is 14.7 Å². The van der Waals surface area contributed by atoms with Gasteiger partial charge in [0.15, 0.2) is 0 Å². The number of halogens is 2. The van der Waals surface area contributed by atoms with Gasteiger partial charge in [0.05, 0.1) is 5.02 Å². The van der Waals surface area contributed by atoms with Crippen molar-refractivity contribution < 1.29 is 19.4 Å². The molecule has 2 aromatic carbocycles. The van der Waals surface area contributed by atoms with E-state index in [1.165, 1.54) is 19.3 Å². The van der Waals surface area contributed by atoms with Crippen molar-refractivity contribution in [3.05, 3.63) is 52.0 Å². The Labute approximate surface area is 191 Å². The van der Waals surface area contributed by atoms with Crippen molar-refractivity contribution in [1.29, 1.82) is 0 Å². The third kappa shape index (κ3) is 4.83. The van der Waals surface area contributed by atoms with Crippen LogP contribution >= 0.6 is 23.2 Å². The van der Waals surface area contributed by atoms with Gasteiger partial charge in [0.25, 0.3) is 0 Å². The second kappa shape index (κ2) is 9.49. The fourth-order valence-electron chi connectivity index (χ4n) is 4.79. The number of ether oxygens (including phenoxy) is 1. The molecule has 164 valence electrons. The molecular weight excluding hydrogens is 437 g/mol. The second-order valence-corrected chi connectivity index (χ2v) is 9.08. The fraction of sp³-hybridized carbons (Fsp3) is 0.417. The van der Waals surface area contributed by atoms with E-state index in [2.05, 4.69) is 4.90 Å². The molecule has 1 aliphatic carbocycles. The summed E-state index contributed by atoms with van der Waals surface area (Å²) in [5, 5.41) is 9.89. The van der Waals surface area contributed by atoms with Gasteiger partial charge in [0.1, 0.15) is 5.75 Å². The van der Waals surface area contributed by atoms with Gasteiger partial charge in [-0.05, 0) is 55.0 Å². The molecule has 5 nitrogen and oxygen atoms in total. The van der Waals surface area contributed by atoms with Crippen molar-refractivity contribution in [2.24, 2.45) is 5.92 Å². The number of carbonyl (C=O) groups is 2. The number of hydrogen-bond acceptors (Lipinski definition) is 3. The number of carbonyl (C=O) groups excluding carboxylic acids is 1. The van der Waals surface area contributed by atoms with Gasteiger partial charge in [-0.15, -0.1) is 0 Å². The normalized spacial score (nSPS) is 19.6. The number of likely N-dealkylation sites (tertiary alicyclic amines) is 1. The van der Waals surface area contributed by atoms with Crippen LogP contribution in [0.2, 0.25) is 10.0 Å². The molecule has 1 atom stereocenters. The molecule has 1 aliphatic heterocycles. The summed E-state index contributed by atoms with van der Waals surface area (Å²) in [6.45, 7) is 0.803. The van der Waals surface area contributed by atoms with E-state index in [0.717, 1.165) is 42.5 Å². The second-order valence-electron chi connectivity index (χ2n) is 8.30. The minimum absolute atomic E-state index is 0.117. The van der Waals surface area contributed by atoms with Crippen LogP contribution in [0.1, 0.15) is 44.1 Å². The van der Waals surface area contributed by atoms with E-state index in [1.807, 2.05) is 6.07 Å². The predicted molar refractivity (Wildman–Crippen MR) is 121 cm³/mol. The molecule has 1 unspecified atom stereocenters. The molecule has 0 aromatic heterocycles. The number of carboxylic acid groups (broad SMARTS) is 1. The van der Waals surface area contributed by atoms with E-state index >= 15 is 0 Å². The lowest BCUT2D eigenvalue weighted by Gasteiger charge is -2.31. The van der Waals surface area contributed by atoms with Gasteiger partial charge in [0.2, 0.25) is 5.91 Å². The highest BCUT2D eigenvalue weighted by atomic mass is 35.5. The first kappa shape index (κ1) is 22.0. The van der Waals surface area contributed by atoms with Gasteiger partial charge in [-0.2, -0.15) is 0 Å². The van der Waals surface area contributed by atoms with Gasteiger partial charge in [-0.3, -0.25) is 4.79 Å². The highest BCUT2D eigenvalue weighted by molar-refractivity contribution is 6.37. The predicted octanol–water partition coefficient (Wildman–Crippen LogP) is 6.44. The molecule has 2 aliphatic rings. The first-order chi connectivity index (χ1) is 14.9. The Hall–Kier alpha value is -2.24. The third-order valence-electron chi connectivity index (χ3n) is 6.35. The number of nitrogens with zero attached hydrogens (tertiary/aromatic N) is 1. The molecule has 1 N–H and O–H groups in total. The average molecular weight is 462 g/mol. The lowest BCUT2D eigenvalue weighted by atomic mass is 9.93. The number of amides is 1. The molecule has 0 spiro atoms. The first-order valence-electron chi connectivity index (χ1n) is 10.7. The minimum Gasteiger partial charge on any atom is -0.449 e. The topological polar surface area (TPSA) is 66.8 Å². The van der Waals surface area contributed by atoms with Gasteiger partial charge in [0, 0.05) is 29.1 Å². The summed E-state index contributed by atoms with van der Waals surface area (Å²) >= 11 is 13.2. The van der Waals surface area contributed by atoms with Crippen molar-refractivity contribution in [2.45, 2.75) is 51.0 Å². The van der Waals surface area contributed by atoms with Crippen molar-refractivity contribution >= 4 is 35.3 Å². The zero-order chi connectivity index (χ0) is 22.0. The molecule has 0 radical (unpaired) electrons. The Kier molecular flexibility index (Phi) is 6.73. The van der Waals surface area contributed by atoms with Gasteiger partial charge >= 0.3 is 6.16 Å². The molecule has 7 heteroatoms. The van der Waals surface area contributed by atoms with Crippen LogP contribution in [-0.2, 0) is 11.2 Å². The summed E-state index contributed by atoms with van der Waals surface area (Å²) < 4.78 is 4.76. The van der Waals surface area contributed by atoms with Crippen LogP contribution in [0, 0.1) is 5.92 Å². The Balaban J connectivity index is 1.56. The van der Waals surface area contributed by atoms with Crippen molar-refractivity contribution in [2.75, 3.05) is 6.54 Å². The highest BCUT2D eigenvalue weighted by Crippen LogP contribution is 2.39. The summed E-state index contributed by atoms with van der Waals surface area (Å²) in [6.07, 6.45) is 5.80. The standard InChI is InChI=1S/C24H25Cl2NO4/c25-21-10-9-19(15-5-4-8-18(13-15)31-24(29)30)22(26)20(21)14-16-11-12-27(23(16)28)17-6-2-1-3-7-17/h4-5,8-10,13,16-17H,1-3,6-7,11-12,14H2,(H,29,30). The Morgan fingerprint density at radius 3 is 2.61 bits per heavy atom. The summed E-state index contributed by atoms with van der Waals surface area (Å²) in [6, 6.07) is 10.7. The lowest BCUT2D eigenvalue weighted by molar-refractivity contribution is -0.133. The van der Waals surface area contributed by atoms with E-state index < -0.39 is 6.16 Å². The highest BCUT2D eigenvalue weighted by Gasteiger charge is 2.36.